The predicted molar refractivity (Wildman–Crippen MR) is 88.7 cm³/mol. The molecule has 0 radical (unpaired) electrons. The highest BCUT2D eigenvalue weighted by atomic mass is 16.7. The Labute approximate surface area is 140 Å². The standard InChI is InChI=1S/C19H17NO4/c1-13(15-7-8-16-17(9-15)23-12-22-16)18-11-20(19(21)24-18)10-14-5-3-2-4-6-14/h2-9,18H,1,10-12H2. The minimum atomic E-state index is -0.360. The summed E-state index contributed by atoms with van der Waals surface area (Å²) in [7, 11) is 0. The van der Waals surface area contributed by atoms with Crippen LogP contribution in [0.2, 0.25) is 0 Å². The van der Waals surface area contributed by atoms with Crippen LogP contribution in [0.4, 0.5) is 4.79 Å². The monoisotopic (exact) mass is 323 g/mol. The van der Waals surface area contributed by atoms with Crippen molar-refractivity contribution in [3.05, 3.63) is 66.2 Å². The number of rotatable bonds is 4. The van der Waals surface area contributed by atoms with Gasteiger partial charge in [-0.25, -0.2) is 4.79 Å². The van der Waals surface area contributed by atoms with Crippen LogP contribution in [0.5, 0.6) is 11.5 Å². The van der Waals surface area contributed by atoms with Crippen LogP contribution in [0, 0.1) is 0 Å². The fourth-order valence-electron chi connectivity index (χ4n) is 2.90. The topological polar surface area (TPSA) is 48.0 Å². The summed E-state index contributed by atoms with van der Waals surface area (Å²) < 4.78 is 16.2. The molecular formula is C19H17NO4. The van der Waals surface area contributed by atoms with Gasteiger partial charge in [0.2, 0.25) is 6.79 Å². The number of amides is 1. The molecule has 24 heavy (non-hydrogen) atoms. The lowest BCUT2D eigenvalue weighted by Crippen LogP contribution is -2.24. The first-order chi connectivity index (χ1) is 11.7. The van der Waals surface area contributed by atoms with Gasteiger partial charge in [0.1, 0.15) is 6.10 Å². The third kappa shape index (κ3) is 2.69. The van der Waals surface area contributed by atoms with Crippen LogP contribution in [0.25, 0.3) is 5.57 Å². The molecule has 0 N–H and O–H groups in total. The Bertz CT molecular complexity index is 787. The fraction of sp³-hybridized carbons (Fsp3) is 0.211. The Hall–Kier alpha value is -2.95. The van der Waals surface area contributed by atoms with E-state index in [2.05, 4.69) is 6.58 Å². The molecule has 1 amide bonds. The van der Waals surface area contributed by atoms with E-state index >= 15 is 0 Å². The maximum Gasteiger partial charge on any atom is 0.410 e. The van der Waals surface area contributed by atoms with Gasteiger partial charge in [-0.3, -0.25) is 4.90 Å². The molecule has 1 fully saturated rings. The number of nitrogens with zero attached hydrogens (tertiary/aromatic N) is 1. The first kappa shape index (κ1) is 14.6. The third-order valence-corrected chi connectivity index (χ3v) is 4.24. The Balaban J connectivity index is 1.47. The van der Waals surface area contributed by atoms with Crippen molar-refractivity contribution in [3.8, 4) is 11.5 Å². The quantitative estimate of drug-likeness (QED) is 0.865. The zero-order valence-electron chi connectivity index (χ0n) is 13.1. The molecule has 0 spiro atoms. The highest BCUT2D eigenvalue weighted by Crippen LogP contribution is 2.36. The largest absolute Gasteiger partial charge is 0.454 e. The van der Waals surface area contributed by atoms with Gasteiger partial charge in [0.05, 0.1) is 6.54 Å². The van der Waals surface area contributed by atoms with Crippen molar-refractivity contribution in [2.45, 2.75) is 12.6 Å². The molecule has 2 aliphatic rings. The molecule has 2 heterocycles. The summed E-state index contributed by atoms with van der Waals surface area (Å²) in [6.07, 6.45) is -0.674. The maximum absolute atomic E-state index is 12.1. The van der Waals surface area contributed by atoms with Gasteiger partial charge in [-0.1, -0.05) is 43.0 Å². The zero-order chi connectivity index (χ0) is 16.5. The number of carbonyl (C=O) groups excluding carboxylic acids is 1. The molecule has 1 atom stereocenters. The smallest absolute Gasteiger partial charge is 0.410 e. The van der Waals surface area contributed by atoms with E-state index in [1.807, 2.05) is 48.5 Å². The van der Waals surface area contributed by atoms with Gasteiger partial charge in [0.25, 0.3) is 0 Å². The van der Waals surface area contributed by atoms with Gasteiger partial charge in [-0.2, -0.15) is 0 Å². The second-order valence-electron chi connectivity index (χ2n) is 5.83. The minimum absolute atomic E-state index is 0.231. The second kappa shape index (κ2) is 5.92. The Morgan fingerprint density at radius 1 is 1.12 bits per heavy atom. The molecule has 0 saturated carbocycles. The first-order valence-electron chi connectivity index (χ1n) is 7.79. The summed E-state index contributed by atoms with van der Waals surface area (Å²) in [6.45, 7) is 5.36. The highest BCUT2D eigenvalue weighted by Gasteiger charge is 2.33. The van der Waals surface area contributed by atoms with Crippen molar-refractivity contribution in [2.24, 2.45) is 0 Å². The summed E-state index contributed by atoms with van der Waals surface area (Å²) in [6, 6.07) is 15.5. The van der Waals surface area contributed by atoms with Crippen molar-refractivity contribution in [1.82, 2.24) is 4.90 Å². The average Bonchev–Trinajstić information content (AvgIpc) is 3.21. The molecular weight excluding hydrogens is 306 g/mol. The van der Waals surface area contributed by atoms with Gasteiger partial charge in [0.15, 0.2) is 11.5 Å². The van der Waals surface area contributed by atoms with Crippen molar-refractivity contribution >= 4 is 11.7 Å². The SMILES string of the molecule is C=C(c1ccc2c(c1)OCO2)C1CN(Cc2ccccc2)C(=O)O1. The van der Waals surface area contributed by atoms with E-state index in [0.29, 0.717) is 18.8 Å². The Morgan fingerprint density at radius 2 is 1.92 bits per heavy atom. The highest BCUT2D eigenvalue weighted by molar-refractivity contribution is 5.77. The van der Waals surface area contributed by atoms with Crippen LogP contribution in [-0.4, -0.2) is 30.4 Å². The summed E-state index contributed by atoms with van der Waals surface area (Å²) in [4.78, 5) is 13.8. The minimum Gasteiger partial charge on any atom is -0.454 e. The average molecular weight is 323 g/mol. The summed E-state index contributed by atoms with van der Waals surface area (Å²) in [5.74, 6) is 1.42. The summed E-state index contributed by atoms with van der Waals surface area (Å²) >= 11 is 0. The number of benzene rings is 2. The zero-order valence-corrected chi connectivity index (χ0v) is 13.1. The molecule has 2 aromatic carbocycles. The van der Waals surface area contributed by atoms with Crippen molar-refractivity contribution in [2.75, 3.05) is 13.3 Å². The van der Waals surface area contributed by atoms with Crippen molar-refractivity contribution < 1.29 is 19.0 Å². The van der Waals surface area contributed by atoms with Crippen LogP contribution >= 0.6 is 0 Å². The van der Waals surface area contributed by atoms with E-state index in [1.165, 1.54) is 0 Å². The van der Waals surface area contributed by atoms with E-state index in [-0.39, 0.29) is 19.0 Å². The van der Waals surface area contributed by atoms with Crippen molar-refractivity contribution in [3.63, 3.8) is 0 Å². The molecule has 0 aliphatic carbocycles. The maximum atomic E-state index is 12.1. The molecule has 1 saturated heterocycles. The van der Waals surface area contributed by atoms with Gasteiger partial charge in [0, 0.05) is 6.54 Å². The number of hydrogen-bond acceptors (Lipinski definition) is 4. The van der Waals surface area contributed by atoms with Crippen LogP contribution in [0.15, 0.2) is 55.1 Å². The normalized spacial score (nSPS) is 18.6. The van der Waals surface area contributed by atoms with E-state index in [4.69, 9.17) is 14.2 Å². The lowest BCUT2D eigenvalue weighted by Gasteiger charge is -2.14. The number of cyclic esters (lactones) is 1. The molecule has 122 valence electrons. The van der Waals surface area contributed by atoms with E-state index in [0.717, 1.165) is 22.4 Å². The summed E-state index contributed by atoms with van der Waals surface area (Å²) in [5.41, 5.74) is 2.72. The van der Waals surface area contributed by atoms with E-state index in [9.17, 15) is 4.79 Å². The number of hydrogen-bond donors (Lipinski definition) is 0. The summed E-state index contributed by atoms with van der Waals surface area (Å²) in [5, 5.41) is 0. The van der Waals surface area contributed by atoms with E-state index in [1.54, 1.807) is 4.90 Å². The molecule has 1 unspecified atom stereocenters. The van der Waals surface area contributed by atoms with Gasteiger partial charge in [-0.15, -0.1) is 0 Å². The predicted octanol–water partition coefficient (Wildman–Crippen LogP) is 3.45. The van der Waals surface area contributed by atoms with Gasteiger partial charge in [-0.05, 0) is 28.8 Å². The molecule has 0 aromatic heterocycles. The molecule has 2 aromatic rings. The van der Waals surface area contributed by atoms with Crippen LogP contribution in [0.1, 0.15) is 11.1 Å². The lowest BCUT2D eigenvalue weighted by atomic mass is 10.0. The second-order valence-corrected chi connectivity index (χ2v) is 5.83. The molecule has 5 nitrogen and oxygen atoms in total. The van der Waals surface area contributed by atoms with Crippen LogP contribution < -0.4 is 9.47 Å². The van der Waals surface area contributed by atoms with Crippen LogP contribution in [-0.2, 0) is 11.3 Å². The number of carbonyl (C=O) groups is 1. The molecule has 2 aliphatic heterocycles. The third-order valence-electron chi connectivity index (χ3n) is 4.24. The molecule has 0 bridgehead atoms. The van der Waals surface area contributed by atoms with Crippen molar-refractivity contribution in [1.29, 1.82) is 0 Å². The Morgan fingerprint density at radius 3 is 2.75 bits per heavy atom. The lowest BCUT2D eigenvalue weighted by molar-refractivity contribution is 0.146. The number of fused-ring (bicyclic) bond motifs is 1. The first-order valence-corrected chi connectivity index (χ1v) is 7.79. The molecule has 4 rings (SSSR count). The molecule has 5 heteroatoms. The van der Waals surface area contributed by atoms with Gasteiger partial charge >= 0.3 is 6.09 Å². The fourth-order valence-corrected chi connectivity index (χ4v) is 2.90. The van der Waals surface area contributed by atoms with E-state index < -0.39 is 0 Å². The number of ether oxygens (including phenoxy) is 3. The van der Waals surface area contributed by atoms with Gasteiger partial charge < -0.3 is 14.2 Å². The van der Waals surface area contributed by atoms with Crippen LogP contribution in [0.3, 0.4) is 0 Å². The Kier molecular flexibility index (Phi) is 3.61.